The predicted octanol–water partition coefficient (Wildman–Crippen LogP) is 3.47. The van der Waals surface area contributed by atoms with E-state index in [0.717, 1.165) is 44.3 Å². The molecule has 1 fully saturated rings. The van der Waals surface area contributed by atoms with Gasteiger partial charge in [0.15, 0.2) is 0 Å². The minimum absolute atomic E-state index is 0.0204. The third-order valence-electron chi connectivity index (χ3n) is 4.27. The van der Waals surface area contributed by atoms with Gasteiger partial charge in [0.1, 0.15) is 0 Å². The molecule has 0 unspecified atom stereocenters. The van der Waals surface area contributed by atoms with E-state index in [1.807, 2.05) is 18.2 Å². The van der Waals surface area contributed by atoms with Crippen LogP contribution in [0.25, 0.3) is 0 Å². The average Bonchev–Trinajstić information content (AvgIpc) is 3.04. The number of pyridine rings is 1. The number of alkyl halides is 3. The van der Waals surface area contributed by atoms with Gasteiger partial charge in [-0.3, -0.25) is 9.88 Å². The molecule has 8 heteroatoms. The number of likely N-dealkylation sites (tertiary alicyclic amines) is 1. The summed E-state index contributed by atoms with van der Waals surface area (Å²) in [5, 5.41) is 3.02. The molecular weight excluding hydrogens is 321 g/mol. The zero-order chi connectivity index (χ0) is 17.0. The molecule has 130 valence electrons. The first-order valence-corrected chi connectivity index (χ1v) is 8.06. The van der Waals surface area contributed by atoms with Crippen LogP contribution in [0.1, 0.15) is 43.1 Å². The Hall–Kier alpha value is -1.96. The summed E-state index contributed by atoms with van der Waals surface area (Å²) >= 11 is 0. The van der Waals surface area contributed by atoms with Crippen LogP contribution in [0.2, 0.25) is 0 Å². The first kappa shape index (κ1) is 16.9. The highest BCUT2D eigenvalue weighted by atomic mass is 19.4. The SMILES string of the molecule is FC(F)(F)c1noc(CN2CCCC[C@H]2CCc2ccccn2)n1. The summed E-state index contributed by atoms with van der Waals surface area (Å²) in [7, 11) is 0. The first-order valence-electron chi connectivity index (χ1n) is 8.06. The Morgan fingerprint density at radius 2 is 2.12 bits per heavy atom. The van der Waals surface area contributed by atoms with Gasteiger partial charge in [-0.15, -0.1) is 0 Å². The number of aryl methyl sites for hydroxylation is 1. The van der Waals surface area contributed by atoms with Crippen molar-refractivity contribution in [3.8, 4) is 0 Å². The lowest BCUT2D eigenvalue weighted by Crippen LogP contribution is -2.39. The molecule has 0 N–H and O–H groups in total. The second-order valence-corrected chi connectivity index (χ2v) is 5.99. The van der Waals surface area contributed by atoms with Gasteiger partial charge >= 0.3 is 6.18 Å². The van der Waals surface area contributed by atoms with Gasteiger partial charge in [-0.25, -0.2) is 0 Å². The monoisotopic (exact) mass is 340 g/mol. The molecule has 1 atom stereocenters. The largest absolute Gasteiger partial charge is 0.455 e. The molecule has 5 nitrogen and oxygen atoms in total. The van der Waals surface area contributed by atoms with E-state index in [1.165, 1.54) is 0 Å². The van der Waals surface area contributed by atoms with Gasteiger partial charge in [-0.05, 0) is 44.4 Å². The number of aromatic nitrogens is 3. The van der Waals surface area contributed by atoms with Crippen molar-refractivity contribution in [2.45, 2.75) is 50.9 Å². The van der Waals surface area contributed by atoms with Gasteiger partial charge < -0.3 is 4.52 Å². The average molecular weight is 340 g/mol. The molecule has 1 saturated heterocycles. The van der Waals surface area contributed by atoms with Crippen molar-refractivity contribution in [2.75, 3.05) is 6.54 Å². The van der Waals surface area contributed by atoms with Gasteiger partial charge in [-0.2, -0.15) is 18.2 Å². The summed E-state index contributed by atoms with van der Waals surface area (Å²) in [4.78, 5) is 9.93. The first-order chi connectivity index (χ1) is 11.5. The zero-order valence-corrected chi connectivity index (χ0v) is 13.2. The molecule has 0 aromatic carbocycles. The summed E-state index contributed by atoms with van der Waals surface area (Å²) in [5.41, 5.74) is 1.03. The fraction of sp³-hybridized carbons (Fsp3) is 0.562. The number of hydrogen-bond acceptors (Lipinski definition) is 5. The highest BCUT2D eigenvalue weighted by Gasteiger charge is 2.37. The van der Waals surface area contributed by atoms with Crippen molar-refractivity contribution in [3.63, 3.8) is 0 Å². The van der Waals surface area contributed by atoms with Gasteiger partial charge in [0.05, 0.1) is 6.54 Å². The Morgan fingerprint density at radius 1 is 1.25 bits per heavy atom. The second kappa shape index (κ2) is 7.29. The van der Waals surface area contributed by atoms with Gasteiger partial charge in [0, 0.05) is 17.9 Å². The maximum Gasteiger partial charge on any atom is 0.455 e. The number of rotatable bonds is 5. The van der Waals surface area contributed by atoms with E-state index in [1.54, 1.807) is 6.20 Å². The van der Waals surface area contributed by atoms with Gasteiger partial charge in [0.2, 0.25) is 5.89 Å². The third-order valence-corrected chi connectivity index (χ3v) is 4.27. The molecule has 2 aromatic rings. The molecule has 0 spiro atoms. The van der Waals surface area contributed by atoms with E-state index in [2.05, 4.69) is 20.0 Å². The van der Waals surface area contributed by atoms with Gasteiger partial charge in [0.25, 0.3) is 5.82 Å². The summed E-state index contributed by atoms with van der Waals surface area (Å²) < 4.78 is 42.4. The molecule has 1 aliphatic heterocycles. The quantitative estimate of drug-likeness (QED) is 0.834. The van der Waals surface area contributed by atoms with Crippen LogP contribution in [-0.4, -0.2) is 32.6 Å². The highest BCUT2D eigenvalue weighted by molar-refractivity contribution is 5.04. The van der Waals surface area contributed by atoms with Crippen LogP contribution in [0.5, 0.6) is 0 Å². The lowest BCUT2D eigenvalue weighted by molar-refractivity contribution is -0.146. The van der Waals surface area contributed by atoms with E-state index in [-0.39, 0.29) is 12.4 Å². The fourth-order valence-electron chi connectivity index (χ4n) is 3.06. The van der Waals surface area contributed by atoms with Crippen molar-refractivity contribution in [1.82, 2.24) is 20.0 Å². The molecule has 0 amide bonds. The van der Waals surface area contributed by atoms with E-state index in [0.29, 0.717) is 6.04 Å². The lowest BCUT2D eigenvalue weighted by Gasteiger charge is -2.34. The molecule has 3 heterocycles. The lowest BCUT2D eigenvalue weighted by atomic mass is 9.97. The summed E-state index contributed by atoms with van der Waals surface area (Å²) in [6, 6.07) is 6.12. The fourth-order valence-corrected chi connectivity index (χ4v) is 3.06. The molecule has 0 radical (unpaired) electrons. The van der Waals surface area contributed by atoms with Crippen LogP contribution in [0, 0.1) is 0 Å². The minimum Gasteiger partial charge on any atom is -0.338 e. The van der Waals surface area contributed by atoms with Crippen molar-refractivity contribution in [1.29, 1.82) is 0 Å². The third kappa shape index (κ3) is 4.31. The minimum atomic E-state index is -4.57. The van der Waals surface area contributed by atoms with Crippen LogP contribution < -0.4 is 0 Å². The molecular formula is C16H19F3N4O. The highest BCUT2D eigenvalue weighted by Crippen LogP contribution is 2.27. The summed E-state index contributed by atoms with van der Waals surface area (Å²) in [6.07, 6.45) is 2.14. The number of hydrogen-bond donors (Lipinski definition) is 0. The van der Waals surface area contributed by atoms with Crippen molar-refractivity contribution in [3.05, 3.63) is 41.8 Å². The van der Waals surface area contributed by atoms with Crippen LogP contribution in [0.4, 0.5) is 13.2 Å². The number of nitrogens with zero attached hydrogens (tertiary/aromatic N) is 4. The molecule has 0 saturated carbocycles. The second-order valence-electron chi connectivity index (χ2n) is 5.99. The number of piperidine rings is 1. The summed E-state index contributed by atoms with van der Waals surface area (Å²) in [6.45, 7) is 1.09. The van der Waals surface area contributed by atoms with Crippen molar-refractivity contribution in [2.24, 2.45) is 0 Å². The Bertz CT molecular complexity index is 644. The molecule has 0 aliphatic carbocycles. The van der Waals surface area contributed by atoms with E-state index >= 15 is 0 Å². The zero-order valence-electron chi connectivity index (χ0n) is 13.2. The maximum absolute atomic E-state index is 12.6. The predicted molar refractivity (Wildman–Crippen MR) is 79.9 cm³/mol. The Morgan fingerprint density at radius 3 is 2.83 bits per heavy atom. The van der Waals surface area contributed by atoms with E-state index < -0.39 is 12.0 Å². The summed E-state index contributed by atoms with van der Waals surface area (Å²) in [5.74, 6) is -1.19. The number of halogens is 3. The Labute approximate surface area is 137 Å². The smallest absolute Gasteiger partial charge is 0.338 e. The molecule has 3 rings (SSSR count). The topological polar surface area (TPSA) is 55.1 Å². The Balaban J connectivity index is 1.61. The molecule has 24 heavy (non-hydrogen) atoms. The van der Waals surface area contributed by atoms with E-state index in [9.17, 15) is 13.2 Å². The van der Waals surface area contributed by atoms with Crippen LogP contribution in [0.15, 0.2) is 28.9 Å². The van der Waals surface area contributed by atoms with Crippen LogP contribution in [-0.2, 0) is 19.1 Å². The normalized spacial score (nSPS) is 19.5. The Kier molecular flexibility index (Phi) is 5.13. The van der Waals surface area contributed by atoms with Crippen molar-refractivity contribution < 1.29 is 17.7 Å². The molecule has 2 aromatic heterocycles. The maximum atomic E-state index is 12.6. The molecule has 1 aliphatic rings. The van der Waals surface area contributed by atoms with Crippen LogP contribution >= 0.6 is 0 Å². The van der Waals surface area contributed by atoms with Crippen molar-refractivity contribution >= 4 is 0 Å². The van der Waals surface area contributed by atoms with Gasteiger partial charge in [-0.1, -0.05) is 17.6 Å². The standard InChI is InChI=1S/C16H19F3N4O/c17-16(18,19)15-21-14(24-22-15)11-23-10-4-2-6-13(23)8-7-12-5-1-3-9-20-12/h1,3,5,9,13H,2,4,6-8,10-11H2/t13-/m0/s1. The van der Waals surface area contributed by atoms with E-state index in [4.69, 9.17) is 4.52 Å². The molecule has 0 bridgehead atoms. The van der Waals surface area contributed by atoms with Crippen LogP contribution in [0.3, 0.4) is 0 Å².